The number of aliphatic hydroxyl groups is 1. The van der Waals surface area contributed by atoms with Crippen molar-refractivity contribution in [1.29, 1.82) is 0 Å². The average molecular weight is 193 g/mol. The van der Waals surface area contributed by atoms with E-state index in [1.807, 2.05) is 18.2 Å². The number of aliphatic hydroxyl groups excluding tert-OH is 1. The molecule has 2 atom stereocenters. The molecule has 2 N–H and O–H groups in total. The van der Waals surface area contributed by atoms with Crippen LogP contribution in [0.15, 0.2) is 30.3 Å². The van der Waals surface area contributed by atoms with Crippen LogP contribution in [0.25, 0.3) is 0 Å². The van der Waals surface area contributed by atoms with Gasteiger partial charge in [-0.2, -0.15) is 0 Å². The highest BCUT2D eigenvalue weighted by atomic mass is 16.6. The van der Waals surface area contributed by atoms with E-state index in [4.69, 9.17) is 4.74 Å². The summed E-state index contributed by atoms with van der Waals surface area (Å²) in [5.41, 5.74) is 1.23. The molecule has 2 rings (SSSR count). The molecule has 3 heteroatoms. The molecule has 0 amide bonds. The van der Waals surface area contributed by atoms with E-state index in [1.54, 1.807) is 0 Å². The molecule has 14 heavy (non-hydrogen) atoms. The summed E-state index contributed by atoms with van der Waals surface area (Å²) in [6.07, 6.45) is 0.243. The van der Waals surface area contributed by atoms with Gasteiger partial charge < -0.3 is 15.2 Å². The van der Waals surface area contributed by atoms with Gasteiger partial charge in [-0.15, -0.1) is 0 Å². The van der Waals surface area contributed by atoms with Gasteiger partial charge in [0.15, 0.2) is 6.29 Å². The fourth-order valence-electron chi connectivity index (χ4n) is 1.62. The first-order chi connectivity index (χ1) is 6.86. The molecule has 1 heterocycles. The second-order valence-electron chi connectivity index (χ2n) is 3.52. The Labute approximate surface area is 83.7 Å². The molecule has 1 aromatic carbocycles. The molecule has 1 saturated heterocycles. The summed E-state index contributed by atoms with van der Waals surface area (Å²) >= 11 is 0. The smallest absolute Gasteiger partial charge is 0.170 e. The first-order valence-electron chi connectivity index (χ1n) is 4.93. The Kier molecular flexibility index (Phi) is 3.14. The molecule has 0 aromatic heterocycles. The van der Waals surface area contributed by atoms with Crippen LogP contribution < -0.4 is 5.32 Å². The number of nitrogens with one attached hydrogen (secondary N) is 1. The van der Waals surface area contributed by atoms with Crippen molar-refractivity contribution in [3.8, 4) is 0 Å². The Balaban J connectivity index is 1.82. The molecule has 1 aliphatic heterocycles. The second kappa shape index (κ2) is 4.55. The van der Waals surface area contributed by atoms with Crippen LogP contribution in [0.4, 0.5) is 0 Å². The Morgan fingerprint density at radius 3 is 2.79 bits per heavy atom. The minimum atomic E-state index is -0.640. The lowest BCUT2D eigenvalue weighted by Gasteiger charge is -2.14. The molecule has 1 fully saturated rings. The van der Waals surface area contributed by atoms with Crippen LogP contribution in [0.2, 0.25) is 0 Å². The average Bonchev–Trinajstić information content (AvgIpc) is 2.63. The number of benzene rings is 1. The van der Waals surface area contributed by atoms with E-state index < -0.39 is 6.29 Å². The Morgan fingerprint density at radius 2 is 2.14 bits per heavy atom. The van der Waals surface area contributed by atoms with Crippen molar-refractivity contribution in [2.75, 3.05) is 6.61 Å². The van der Waals surface area contributed by atoms with Crippen molar-refractivity contribution in [1.82, 2.24) is 5.32 Å². The Bertz CT molecular complexity index is 276. The maximum absolute atomic E-state index is 9.38. The molecule has 0 spiro atoms. The van der Waals surface area contributed by atoms with Crippen molar-refractivity contribution in [3.05, 3.63) is 35.9 Å². The van der Waals surface area contributed by atoms with Gasteiger partial charge in [-0.05, 0) is 12.0 Å². The topological polar surface area (TPSA) is 41.5 Å². The quantitative estimate of drug-likeness (QED) is 0.749. The molecule has 76 valence electrons. The summed E-state index contributed by atoms with van der Waals surface area (Å²) in [5, 5.41) is 12.7. The lowest BCUT2D eigenvalue weighted by molar-refractivity contribution is -0.0719. The fraction of sp³-hybridized carbons (Fsp3) is 0.455. The third-order valence-electron chi connectivity index (χ3n) is 2.47. The van der Waals surface area contributed by atoms with E-state index in [1.165, 1.54) is 5.56 Å². The third-order valence-corrected chi connectivity index (χ3v) is 2.47. The summed E-state index contributed by atoms with van der Waals surface area (Å²) in [4.78, 5) is 0. The molecule has 0 radical (unpaired) electrons. The van der Waals surface area contributed by atoms with E-state index >= 15 is 0 Å². The zero-order chi connectivity index (χ0) is 9.80. The van der Waals surface area contributed by atoms with Gasteiger partial charge in [0, 0.05) is 6.54 Å². The predicted molar refractivity (Wildman–Crippen MR) is 53.6 cm³/mol. The van der Waals surface area contributed by atoms with Crippen molar-refractivity contribution in [2.45, 2.75) is 25.3 Å². The minimum Gasteiger partial charge on any atom is -0.367 e. The van der Waals surface area contributed by atoms with Crippen molar-refractivity contribution < 1.29 is 9.84 Å². The monoisotopic (exact) mass is 193 g/mol. The summed E-state index contributed by atoms with van der Waals surface area (Å²) in [6.45, 7) is 1.43. The SMILES string of the molecule is OC1OCCC1NCc1ccccc1. The molecular weight excluding hydrogens is 178 g/mol. The fourth-order valence-corrected chi connectivity index (χ4v) is 1.62. The first-order valence-corrected chi connectivity index (χ1v) is 4.93. The normalized spacial score (nSPS) is 26.6. The van der Waals surface area contributed by atoms with Gasteiger partial charge in [-0.1, -0.05) is 30.3 Å². The number of hydrogen-bond acceptors (Lipinski definition) is 3. The molecule has 0 saturated carbocycles. The standard InChI is InChI=1S/C11H15NO2/c13-11-10(6-7-14-11)12-8-9-4-2-1-3-5-9/h1-5,10-13H,6-8H2. The molecule has 0 aliphatic carbocycles. The molecule has 0 bridgehead atoms. The van der Waals surface area contributed by atoms with Gasteiger partial charge >= 0.3 is 0 Å². The summed E-state index contributed by atoms with van der Waals surface area (Å²) in [7, 11) is 0. The number of hydrogen-bond donors (Lipinski definition) is 2. The summed E-state index contributed by atoms with van der Waals surface area (Å²) in [5.74, 6) is 0. The maximum atomic E-state index is 9.38. The lowest BCUT2D eigenvalue weighted by atomic mass is 10.2. The van der Waals surface area contributed by atoms with Crippen LogP contribution in [0.5, 0.6) is 0 Å². The minimum absolute atomic E-state index is 0.0789. The summed E-state index contributed by atoms with van der Waals surface area (Å²) in [6, 6.07) is 10.2. The van der Waals surface area contributed by atoms with Crippen molar-refractivity contribution in [3.63, 3.8) is 0 Å². The van der Waals surface area contributed by atoms with Crippen LogP contribution in [0.1, 0.15) is 12.0 Å². The van der Waals surface area contributed by atoms with E-state index in [9.17, 15) is 5.11 Å². The van der Waals surface area contributed by atoms with E-state index in [0.29, 0.717) is 6.61 Å². The number of rotatable bonds is 3. The maximum Gasteiger partial charge on any atom is 0.170 e. The van der Waals surface area contributed by atoms with Crippen LogP contribution in [-0.2, 0) is 11.3 Å². The van der Waals surface area contributed by atoms with E-state index in [-0.39, 0.29) is 6.04 Å². The van der Waals surface area contributed by atoms with Crippen molar-refractivity contribution >= 4 is 0 Å². The molecule has 1 aromatic rings. The zero-order valence-corrected chi connectivity index (χ0v) is 8.02. The molecule has 3 nitrogen and oxygen atoms in total. The van der Waals surface area contributed by atoms with Gasteiger partial charge in [-0.3, -0.25) is 0 Å². The van der Waals surface area contributed by atoms with Gasteiger partial charge in [0.2, 0.25) is 0 Å². The van der Waals surface area contributed by atoms with Crippen LogP contribution in [-0.4, -0.2) is 24.0 Å². The Morgan fingerprint density at radius 1 is 1.36 bits per heavy atom. The molecule has 2 unspecified atom stereocenters. The van der Waals surface area contributed by atoms with Crippen LogP contribution >= 0.6 is 0 Å². The van der Waals surface area contributed by atoms with Crippen LogP contribution in [0, 0.1) is 0 Å². The van der Waals surface area contributed by atoms with Gasteiger partial charge in [0.25, 0.3) is 0 Å². The third kappa shape index (κ3) is 2.32. The van der Waals surface area contributed by atoms with E-state index in [0.717, 1.165) is 13.0 Å². The predicted octanol–water partition coefficient (Wildman–Crippen LogP) is 0.883. The highest BCUT2D eigenvalue weighted by Crippen LogP contribution is 2.11. The van der Waals surface area contributed by atoms with Gasteiger partial charge in [0.1, 0.15) is 0 Å². The van der Waals surface area contributed by atoms with Gasteiger partial charge in [0.05, 0.1) is 12.6 Å². The summed E-state index contributed by atoms with van der Waals surface area (Å²) < 4.78 is 5.05. The molecular formula is C11H15NO2. The second-order valence-corrected chi connectivity index (χ2v) is 3.52. The van der Waals surface area contributed by atoms with Gasteiger partial charge in [-0.25, -0.2) is 0 Å². The molecule has 1 aliphatic rings. The largest absolute Gasteiger partial charge is 0.367 e. The first kappa shape index (κ1) is 9.65. The van der Waals surface area contributed by atoms with Crippen LogP contribution in [0.3, 0.4) is 0 Å². The lowest BCUT2D eigenvalue weighted by Crippen LogP contribution is -2.35. The highest BCUT2D eigenvalue weighted by Gasteiger charge is 2.24. The van der Waals surface area contributed by atoms with E-state index in [2.05, 4.69) is 17.4 Å². The zero-order valence-electron chi connectivity index (χ0n) is 8.02. The van der Waals surface area contributed by atoms with Crippen molar-refractivity contribution in [2.24, 2.45) is 0 Å². The number of ether oxygens (including phenoxy) is 1. The Hall–Kier alpha value is -0.900. The highest BCUT2D eigenvalue weighted by molar-refractivity contribution is 5.14.